The summed E-state index contributed by atoms with van der Waals surface area (Å²) in [5.41, 5.74) is -1.59. The monoisotopic (exact) mass is 282 g/mol. The van der Waals surface area contributed by atoms with Crippen LogP contribution in [0.2, 0.25) is 0 Å². The Bertz CT molecular complexity index is 414. The number of hydrogen-bond donors (Lipinski definition) is 2. The molecule has 1 heterocycles. The third-order valence-electron chi connectivity index (χ3n) is 5.53. The third kappa shape index (κ3) is 1.41. The minimum atomic E-state index is -1.01. The van der Waals surface area contributed by atoms with Crippen molar-refractivity contribution in [3.63, 3.8) is 0 Å². The fraction of sp³-hybridized carbons (Fsp3) is 0.857. The lowest BCUT2D eigenvalue weighted by Crippen LogP contribution is -2.84. The minimum Gasteiger partial charge on any atom is -0.371 e. The molecule has 2 unspecified atom stereocenters. The molecule has 112 valence electrons. The average Bonchev–Trinajstić information content (AvgIpc) is 2.24. The number of piperazine rings is 1. The first-order valence-electron chi connectivity index (χ1n) is 7.33. The maximum Gasteiger partial charge on any atom is 0.222 e. The zero-order valence-corrected chi connectivity index (χ0v) is 12.0. The number of carbonyl (C=O) groups excluding carboxylic acids is 2. The summed E-state index contributed by atoms with van der Waals surface area (Å²) in [5.74, 6) is -0.462. The predicted octanol–water partition coefficient (Wildman–Crippen LogP) is 0.179. The Morgan fingerprint density at radius 1 is 0.850 bits per heavy atom. The standard InChI is InChI=1S/C14H22N2O4/c1-9(17)15-11(19)14(7-4-8-14)16(10(2)18)12(20)13(15)5-3-6-13/h11-12,19-20H,3-8H2,1-2H3. The fourth-order valence-corrected chi connectivity index (χ4v) is 4.26. The lowest BCUT2D eigenvalue weighted by Gasteiger charge is -2.68. The van der Waals surface area contributed by atoms with Crippen molar-refractivity contribution in [1.29, 1.82) is 0 Å². The van der Waals surface area contributed by atoms with Gasteiger partial charge < -0.3 is 20.0 Å². The number of carbonyl (C=O) groups is 2. The maximum atomic E-state index is 12.0. The van der Waals surface area contributed by atoms with Crippen molar-refractivity contribution in [3.8, 4) is 0 Å². The molecule has 2 aliphatic carbocycles. The second kappa shape index (κ2) is 4.18. The summed E-state index contributed by atoms with van der Waals surface area (Å²) in [6.07, 6.45) is 2.28. The van der Waals surface area contributed by atoms with Gasteiger partial charge in [-0.3, -0.25) is 9.59 Å². The van der Waals surface area contributed by atoms with Crippen LogP contribution in [0.1, 0.15) is 52.4 Å². The highest BCUT2D eigenvalue weighted by molar-refractivity contribution is 5.78. The van der Waals surface area contributed by atoms with E-state index in [4.69, 9.17) is 0 Å². The highest BCUT2D eigenvalue weighted by Crippen LogP contribution is 2.54. The molecule has 6 heteroatoms. The second-order valence-electron chi connectivity index (χ2n) is 6.44. The van der Waals surface area contributed by atoms with E-state index in [1.54, 1.807) is 0 Å². The van der Waals surface area contributed by atoms with Crippen LogP contribution < -0.4 is 0 Å². The highest BCUT2D eigenvalue weighted by atomic mass is 16.3. The Balaban J connectivity index is 2.07. The van der Waals surface area contributed by atoms with Gasteiger partial charge in [0.1, 0.15) is 0 Å². The SMILES string of the molecule is CC(=O)N1C(O)C2(CCC2)N(C(C)=O)C(O)C12CCC2. The zero-order valence-electron chi connectivity index (χ0n) is 12.0. The van der Waals surface area contributed by atoms with E-state index >= 15 is 0 Å². The molecular formula is C14H22N2O4. The van der Waals surface area contributed by atoms with Gasteiger partial charge >= 0.3 is 0 Å². The van der Waals surface area contributed by atoms with Gasteiger partial charge in [-0.2, -0.15) is 0 Å². The van der Waals surface area contributed by atoms with Gasteiger partial charge in [-0.05, 0) is 38.5 Å². The third-order valence-corrected chi connectivity index (χ3v) is 5.53. The van der Waals surface area contributed by atoms with Gasteiger partial charge in [-0.15, -0.1) is 0 Å². The summed E-state index contributed by atoms with van der Waals surface area (Å²) in [6.45, 7) is 2.84. The topological polar surface area (TPSA) is 81.1 Å². The van der Waals surface area contributed by atoms with E-state index in [0.717, 1.165) is 12.8 Å². The average molecular weight is 282 g/mol. The van der Waals surface area contributed by atoms with Crippen molar-refractivity contribution >= 4 is 11.8 Å². The molecule has 0 aromatic carbocycles. The summed E-state index contributed by atoms with van der Waals surface area (Å²) >= 11 is 0. The molecular weight excluding hydrogens is 260 g/mol. The van der Waals surface area contributed by atoms with Crippen molar-refractivity contribution < 1.29 is 19.8 Å². The molecule has 0 aromatic rings. The van der Waals surface area contributed by atoms with Crippen LogP contribution >= 0.6 is 0 Å². The Hall–Kier alpha value is -1.14. The lowest BCUT2D eigenvalue weighted by atomic mass is 9.64. The van der Waals surface area contributed by atoms with Crippen LogP contribution in [-0.2, 0) is 9.59 Å². The largest absolute Gasteiger partial charge is 0.371 e. The molecule has 3 aliphatic rings. The van der Waals surface area contributed by atoms with Crippen molar-refractivity contribution in [1.82, 2.24) is 9.80 Å². The molecule has 0 radical (unpaired) electrons. The van der Waals surface area contributed by atoms with E-state index in [1.807, 2.05) is 0 Å². The molecule has 2 spiro atoms. The Morgan fingerprint density at radius 3 is 1.30 bits per heavy atom. The molecule has 3 rings (SSSR count). The first-order valence-corrected chi connectivity index (χ1v) is 7.33. The van der Waals surface area contributed by atoms with E-state index in [0.29, 0.717) is 25.7 Å². The summed E-state index contributed by atoms with van der Waals surface area (Å²) in [4.78, 5) is 26.9. The van der Waals surface area contributed by atoms with E-state index in [1.165, 1.54) is 23.6 Å². The molecule has 1 saturated heterocycles. The van der Waals surface area contributed by atoms with Gasteiger partial charge in [0, 0.05) is 13.8 Å². The fourth-order valence-electron chi connectivity index (χ4n) is 4.26. The minimum absolute atomic E-state index is 0.231. The van der Waals surface area contributed by atoms with Gasteiger partial charge in [-0.1, -0.05) is 0 Å². The first kappa shape index (κ1) is 13.8. The lowest BCUT2D eigenvalue weighted by molar-refractivity contribution is -0.292. The summed E-state index contributed by atoms with van der Waals surface area (Å²) in [5, 5.41) is 21.5. The van der Waals surface area contributed by atoms with Crippen LogP contribution in [0.15, 0.2) is 0 Å². The highest BCUT2D eigenvalue weighted by Gasteiger charge is 2.67. The van der Waals surface area contributed by atoms with Gasteiger partial charge in [0.05, 0.1) is 11.1 Å². The van der Waals surface area contributed by atoms with Crippen LogP contribution in [0.3, 0.4) is 0 Å². The molecule has 3 fully saturated rings. The predicted molar refractivity (Wildman–Crippen MR) is 70.2 cm³/mol. The van der Waals surface area contributed by atoms with Crippen molar-refractivity contribution in [2.75, 3.05) is 0 Å². The Kier molecular flexibility index (Phi) is 2.89. The van der Waals surface area contributed by atoms with Crippen LogP contribution in [0.25, 0.3) is 0 Å². The first-order chi connectivity index (χ1) is 9.37. The Morgan fingerprint density at radius 2 is 1.15 bits per heavy atom. The van der Waals surface area contributed by atoms with Gasteiger partial charge in [0.2, 0.25) is 11.8 Å². The van der Waals surface area contributed by atoms with E-state index in [-0.39, 0.29) is 11.8 Å². The van der Waals surface area contributed by atoms with Crippen molar-refractivity contribution in [2.45, 2.75) is 75.9 Å². The van der Waals surface area contributed by atoms with E-state index < -0.39 is 23.5 Å². The molecule has 20 heavy (non-hydrogen) atoms. The molecule has 0 aromatic heterocycles. The van der Waals surface area contributed by atoms with Crippen LogP contribution in [-0.4, -0.2) is 55.4 Å². The van der Waals surface area contributed by atoms with Gasteiger partial charge in [0.15, 0.2) is 12.5 Å². The van der Waals surface area contributed by atoms with Crippen LogP contribution in [0.5, 0.6) is 0 Å². The van der Waals surface area contributed by atoms with E-state index in [2.05, 4.69) is 0 Å². The molecule has 2 atom stereocenters. The van der Waals surface area contributed by atoms with Gasteiger partial charge in [-0.25, -0.2) is 0 Å². The number of aliphatic hydroxyl groups excluding tert-OH is 2. The van der Waals surface area contributed by atoms with Crippen LogP contribution in [0.4, 0.5) is 0 Å². The van der Waals surface area contributed by atoms with Crippen molar-refractivity contribution in [2.24, 2.45) is 0 Å². The maximum absolute atomic E-state index is 12.0. The molecule has 2 N–H and O–H groups in total. The molecule has 2 amide bonds. The molecule has 1 aliphatic heterocycles. The number of aliphatic hydroxyl groups is 2. The Labute approximate surface area is 118 Å². The summed E-state index contributed by atoms with van der Waals surface area (Å²) in [7, 11) is 0. The normalized spacial score (nSPS) is 33.8. The van der Waals surface area contributed by atoms with Crippen molar-refractivity contribution in [3.05, 3.63) is 0 Å². The summed E-state index contributed by atoms with van der Waals surface area (Å²) in [6, 6.07) is 0. The molecule has 2 saturated carbocycles. The number of rotatable bonds is 0. The van der Waals surface area contributed by atoms with Crippen LogP contribution in [0, 0.1) is 0 Å². The number of hydrogen-bond acceptors (Lipinski definition) is 4. The quantitative estimate of drug-likeness (QED) is 0.664. The molecule has 0 bridgehead atoms. The smallest absolute Gasteiger partial charge is 0.222 e. The van der Waals surface area contributed by atoms with E-state index in [9.17, 15) is 19.8 Å². The number of nitrogens with zero attached hydrogens (tertiary/aromatic N) is 2. The number of amides is 2. The summed E-state index contributed by atoms with van der Waals surface area (Å²) < 4.78 is 0. The zero-order chi connectivity index (χ0) is 14.7. The van der Waals surface area contributed by atoms with Gasteiger partial charge in [0.25, 0.3) is 0 Å². The second-order valence-corrected chi connectivity index (χ2v) is 6.44. The molecule has 6 nitrogen and oxygen atoms in total.